The summed E-state index contributed by atoms with van der Waals surface area (Å²) >= 11 is 1.65. The molecule has 0 spiro atoms. The highest BCUT2D eigenvalue weighted by molar-refractivity contribution is 7.13. The molecule has 2 heterocycles. The summed E-state index contributed by atoms with van der Waals surface area (Å²) in [7, 11) is 0. The van der Waals surface area contributed by atoms with Crippen LogP contribution in [0.5, 0.6) is 0 Å². The third kappa shape index (κ3) is 4.09. The quantitative estimate of drug-likeness (QED) is 0.453. The number of hydrogen-bond donors (Lipinski definition) is 2. The molecule has 1 aromatic rings. The van der Waals surface area contributed by atoms with E-state index < -0.39 is 0 Å². The van der Waals surface area contributed by atoms with Crippen LogP contribution in [-0.2, 0) is 4.79 Å². The van der Waals surface area contributed by atoms with E-state index in [0.29, 0.717) is 19.0 Å². The van der Waals surface area contributed by atoms with Gasteiger partial charge in [-0.15, -0.1) is 11.3 Å². The summed E-state index contributed by atoms with van der Waals surface area (Å²) in [6.07, 6.45) is 1.82. The van der Waals surface area contributed by atoms with Gasteiger partial charge in [0.2, 0.25) is 5.91 Å². The lowest BCUT2D eigenvalue weighted by Crippen LogP contribution is -2.51. The molecule has 7 nitrogen and oxygen atoms in total. The van der Waals surface area contributed by atoms with Crippen LogP contribution in [0, 0.1) is 0 Å². The zero-order valence-corrected chi connectivity index (χ0v) is 12.4. The fourth-order valence-electron chi connectivity index (χ4n) is 2.00. The smallest absolute Gasteiger partial charge is 0.216 e. The third-order valence-electron chi connectivity index (χ3n) is 3.05. The van der Waals surface area contributed by atoms with Crippen molar-refractivity contribution >= 4 is 28.3 Å². The average molecular weight is 296 g/mol. The Hall–Kier alpha value is -1.83. The maximum atomic E-state index is 10.7. The van der Waals surface area contributed by atoms with Crippen molar-refractivity contribution in [2.45, 2.75) is 6.92 Å². The van der Waals surface area contributed by atoms with Gasteiger partial charge in [0.15, 0.2) is 11.1 Å². The van der Waals surface area contributed by atoms with Gasteiger partial charge in [0, 0.05) is 51.2 Å². The summed E-state index contributed by atoms with van der Waals surface area (Å²) in [6, 6.07) is 0. The highest BCUT2D eigenvalue weighted by Gasteiger charge is 2.19. The largest absolute Gasteiger partial charge is 0.370 e. The molecular formula is C12H20N6OS. The molecule has 0 saturated carbocycles. The molecule has 1 amide bonds. The number of nitrogens with two attached hydrogens (primary N) is 1. The fourth-order valence-corrected chi connectivity index (χ4v) is 2.70. The zero-order valence-electron chi connectivity index (χ0n) is 11.6. The third-order valence-corrected chi connectivity index (χ3v) is 3.89. The first kappa shape index (κ1) is 14.6. The first-order valence-electron chi connectivity index (χ1n) is 6.60. The minimum Gasteiger partial charge on any atom is -0.370 e. The summed E-state index contributed by atoms with van der Waals surface area (Å²) in [6.45, 7) is 6.01. The lowest BCUT2D eigenvalue weighted by Gasteiger charge is -2.35. The zero-order chi connectivity index (χ0) is 14.4. The minimum atomic E-state index is -0.0455. The van der Waals surface area contributed by atoms with Crippen LogP contribution < -0.4 is 16.0 Å². The lowest BCUT2D eigenvalue weighted by molar-refractivity contribution is -0.118. The Morgan fingerprint density at radius 1 is 1.50 bits per heavy atom. The van der Waals surface area contributed by atoms with E-state index >= 15 is 0 Å². The van der Waals surface area contributed by atoms with E-state index in [9.17, 15) is 4.79 Å². The van der Waals surface area contributed by atoms with Gasteiger partial charge in [0.25, 0.3) is 0 Å². The van der Waals surface area contributed by atoms with E-state index in [1.54, 1.807) is 11.3 Å². The minimum absolute atomic E-state index is 0.0455. The summed E-state index contributed by atoms with van der Waals surface area (Å²) in [4.78, 5) is 23.6. The van der Waals surface area contributed by atoms with Crippen LogP contribution >= 0.6 is 11.3 Å². The number of nitrogens with zero attached hydrogens (tertiary/aromatic N) is 4. The molecular weight excluding hydrogens is 276 g/mol. The van der Waals surface area contributed by atoms with Gasteiger partial charge in [-0.05, 0) is 0 Å². The van der Waals surface area contributed by atoms with Crippen LogP contribution in [0.25, 0.3) is 0 Å². The van der Waals surface area contributed by atoms with Crippen LogP contribution in [0.1, 0.15) is 6.92 Å². The predicted octanol–water partition coefficient (Wildman–Crippen LogP) is -0.284. The van der Waals surface area contributed by atoms with Gasteiger partial charge in [-0.1, -0.05) is 0 Å². The maximum Gasteiger partial charge on any atom is 0.216 e. The van der Waals surface area contributed by atoms with E-state index in [-0.39, 0.29) is 5.91 Å². The number of rotatable bonds is 4. The molecule has 0 aliphatic carbocycles. The Labute approximate surface area is 122 Å². The van der Waals surface area contributed by atoms with E-state index in [1.165, 1.54) is 6.92 Å². The molecule has 20 heavy (non-hydrogen) atoms. The van der Waals surface area contributed by atoms with Gasteiger partial charge in [-0.3, -0.25) is 9.79 Å². The molecule has 1 aromatic heterocycles. The number of hydrogen-bond acceptors (Lipinski definition) is 5. The van der Waals surface area contributed by atoms with Gasteiger partial charge in [0.05, 0.1) is 6.54 Å². The molecule has 0 bridgehead atoms. The topological polar surface area (TPSA) is 86.8 Å². The second kappa shape index (κ2) is 7.09. The molecule has 1 aliphatic rings. The number of guanidine groups is 1. The van der Waals surface area contributed by atoms with E-state index in [1.807, 2.05) is 11.6 Å². The molecule has 1 saturated heterocycles. The number of carbonyl (C=O) groups is 1. The number of aromatic nitrogens is 1. The standard InChI is InChI=1S/C12H20N6OS/c1-10(19)14-2-3-15-11(13)17-5-7-18(8-6-17)12-16-4-9-20-12/h4,9H,2-3,5-8H2,1H3,(H2,13,15)(H,14,19). The van der Waals surface area contributed by atoms with Crippen LogP contribution in [-0.4, -0.2) is 61.0 Å². The molecule has 0 unspecified atom stereocenters. The number of thiazole rings is 1. The van der Waals surface area contributed by atoms with Gasteiger partial charge in [-0.2, -0.15) is 0 Å². The van der Waals surface area contributed by atoms with Crippen molar-refractivity contribution in [1.29, 1.82) is 0 Å². The molecule has 110 valence electrons. The van der Waals surface area contributed by atoms with Crippen LogP contribution in [0.3, 0.4) is 0 Å². The number of aliphatic imine (C=N–C) groups is 1. The Kier molecular flexibility index (Phi) is 5.16. The van der Waals surface area contributed by atoms with Gasteiger partial charge >= 0.3 is 0 Å². The second-order valence-electron chi connectivity index (χ2n) is 4.51. The van der Waals surface area contributed by atoms with Crippen molar-refractivity contribution in [3.8, 4) is 0 Å². The van der Waals surface area contributed by atoms with Crippen molar-refractivity contribution < 1.29 is 4.79 Å². The predicted molar refractivity (Wildman–Crippen MR) is 81.1 cm³/mol. The maximum absolute atomic E-state index is 10.7. The summed E-state index contributed by atoms with van der Waals surface area (Å²) in [5.74, 6) is 0.505. The molecule has 2 rings (SSSR count). The molecule has 0 aromatic carbocycles. The number of amides is 1. The first-order valence-corrected chi connectivity index (χ1v) is 7.48. The highest BCUT2D eigenvalue weighted by Crippen LogP contribution is 2.18. The fraction of sp³-hybridized carbons (Fsp3) is 0.583. The normalized spacial score (nSPS) is 16.4. The van der Waals surface area contributed by atoms with E-state index in [2.05, 4.69) is 25.1 Å². The van der Waals surface area contributed by atoms with Gasteiger partial charge in [-0.25, -0.2) is 4.98 Å². The Morgan fingerprint density at radius 2 is 2.25 bits per heavy atom. The lowest BCUT2D eigenvalue weighted by atomic mass is 10.3. The molecule has 1 fully saturated rings. The number of carbonyl (C=O) groups excluding carboxylic acids is 1. The van der Waals surface area contributed by atoms with Crippen LogP contribution in [0.2, 0.25) is 0 Å². The summed E-state index contributed by atoms with van der Waals surface area (Å²) in [5.41, 5.74) is 5.96. The van der Waals surface area contributed by atoms with Crippen molar-refractivity contribution in [3.05, 3.63) is 11.6 Å². The van der Waals surface area contributed by atoms with Crippen molar-refractivity contribution in [2.75, 3.05) is 44.2 Å². The average Bonchev–Trinajstić information content (AvgIpc) is 2.97. The van der Waals surface area contributed by atoms with Crippen molar-refractivity contribution in [1.82, 2.24) is 15.2 Å². The molecule has 1 aliphatic heterocycles. The highest BCUT2D eigenvalue weighted by atomic mass is 32.1. The Morgan fingerprint density at radius 3 is 2.85 bits per heavy atom. The van der Waals surface area contributed by atoms with E-state index in [4.69, 9.17) is 5.73 Å². The SMILES string of the molecule is CC(=O)NCCN=C(N)N1CCN(c2nccs2)CC1. The van der Waals surface area contributed by atoms with Crippen LogP contribution in [0.15, 0.2) is 16.6 Å². The summed E-state index contributed by atoms with van der Waals surface area (Å²) in [5, 5.41) is 5.74. The Balaban J connectivity index is 1.75. The first-order chi connectivity index (χ1) is 9.66. The molecule has 0 atom stereocenters. The molecule has 3 N–H and O–H groups in total. The van der Waals surface area contributed by atoms with Crippen LogP contribution in [0.4, 0.5) is 5.13 Å². The monoisotopic (exact) mass is 296 g/mol. The number of anilines is 1. The van der Waals surface area contributed by atoms with E-state index in [0.717, 1.165) is 31.3 Å². The Bertz CT molecular complexity index is 453. The second-order valence-corrected chi connectivity index (χ2v) is 5.38. The van der Waals surface area contributed by atoms with Crippen molar-refractivity contribution in [2.24, 2.45) is 10.7 Å². The number of piperazine rings is 1. The molecule has 0 radical (unpaired) electrons. The van der Waals surface area contributed by atoms with Gasteiger partial charge in [0.1, 0.15) is 0 Å². The summed E-state index contributed by atoms with van der Waals surface area (Å²) < 4.78 is 0. The van der Waals surface area contributed by atoms with Gasteiger partial charge < -0.3 is 20.9 Å². The van der Waals surface area contributed by atoms with Crippen molar-refractivity contribution in [3.63, 3.8) is 0 Å². The number of nitrogens with one attached hydrogen (secondary N) is 1. The molecule has 8 heteroatoms.